The van der Waals surface area contributed by atoms with Crippen LogP contribution in [0.5, 0.6) is 5.75 Å². The number of ether oxygens (including phenoxy) is 1. The number of aromatic carboxylic acids is 1. The van der Waals surface area contributed by atoms with E-state index in [1.165, 1.54) is 0 Å². The standard InChI is InChI=1S/C45H44Cl2N6O4/c1-24-19-32(20-25(2)40(24)47)57-18-10-14-33-34-16-17-35(46)39(38-28(5)49-50(7)29(38)6)42(34)53-27(4)22-52(44(54)43(33)53)36-15-9-12-30-21-37(45(55)56)51(41(30)36)23-31-13-8-11-26(3)48-31/h8-9,11-13,15-17,19-21,27H,10,14,18,22-23H2,1-7H3,(H,55,56). The zero-order valence-corrected chi connectivity index (χ0v) is 34.6. The second-order valence-corrected chi connectivity index (χ2v) is 16.0. The third-order valence-corrected chi connectivity index (χ3v) is 12.2. The van der Waals surface area contributed by atoms with Crippen molar-refractivity contribution in [2.24, 2.45) is 7.05 Å². The van der Waals surface area contributed by atoms with Gasteiger partial charge in [0.1, 0.15) is 17.1 Å². The first-order valence-corrected chi connectivity index (χ1v) is 19.9. The van der Waals surface area contributed by atoms with Crippen molar-refractivity contribution in [3.05, 3.63) is 128 Å². The molecule has 3 aromatic carbocycles. The Balaban J connectivity index is 1.28. The highest BCUT2D eigenvalue weighted by atomic mass is 35.5. The number of carbonyl (C=O) groups is 2. The first-order valence-electron chi connectivity index (χ1n) is 19.1. The topological polar surface area (TPSA) is 107 Å². The number of amides is 1. The maximum absolute atomic E-state index is 15.4. The molecule has 1 aliphatic rings. The summed E-state index contributed by atoms with van der Waals surface area (Å²) in [4.78, 5) is 34.5. The lowest BCUT2D eigenvalue weighted by Gasteiger charge is -2.35. The number of hydrogen-bond acceptors (Lipinski definition) is 5. The number of rotatable bonds is 10. The third-order valence-electron chi connectivity index (χ3n) is 11.2. The second kappa shape index (κ2) is 14.7. The summed E-state index contributed by atoms with van der Waals surface area (Å²) in [6, 6.07) is 20.7. The highest BCUT2D eigenvalue weighted by Gasteiger charge is 2.38. The number of nitrogens with zero attached hydrogens (tertiary/aromatic N) is 6. The third kappa shape index (κ3) is 6.54. The van der Waals surface area contributed by atoms with Crippen LogP contribution in [0, 0.1) is 34.6 Å². The van der Waals surface area contributed by atoms with Gasteiger partial charge in [0.15, 0.2) is 0 Å². The number of benzene rings is 3. The molecule has 1 unspecified atom stereocenters. The van der Waals surface area contributed by atoms with Crippen LogP contribution < -0.4 is 9.64 Å². The zero-order valence-electron chi connectivity index (χ0n) is 33.1. The van der Waals surface area contributed by atoms with Crippen LogP contribution in [0.2, 0.25) is 10.0 Å². The highest BCUT2D eigenvalue weighted by Crippen LogP contribution is 2.46. The molecule has 5 heterocycles. The molecule has 57 heavy (non-hydrogen) atoms. The van der Waals surface area contributed by atoms with E-state index in [0.29, 0.717) is 47.9 Å². The number of pyridine rings is 1. The van der Waals surface area contributed by atoms with Crippen LogP contribution in [-0.2, 0) is 20.0 Å². The number of carboxylic acids is 1. The van der Waals surface area contributed by atoms with Crippen molar-refractivity contribution in [1.29, 1.82) is 0 Å². The Morgan fingerprint density at radius 2 is 1.68 bits per heavy atom. The number of para-hydroxylation sites is 1. The van der Waals surface area contributed by atoms with E-state index in [9.17, 15) is 9.90 Å². The molecule has 0 saturated carbocycles. The van der Waals surface area contributed by atoms with Crippen molar-refractivity contribution in [2.45, 2.75) is 67.0 Å². The Hall–Kier alpha value is -5.58. The van der Waals surface area contributed by atoms with Gasteiger partial charge in [-0.25, -0.2) is 4.79 Å². The average molecular weight is 804 g/mol. The van der Waals surface area contributed by atoms with Crippen LogP contribution in [0.1, 0.15) is 79.8 Å². The summed E-state index contributed by atoms with van der Waals surface area (Å²) < 4.78 is 12.0. The van der Waals surface area contributed by atoms with Crippen LogP contribution in [0.15, 0.2) is 66.7 Å². The van der Waals surface area contributed by atoms with Gasteiger partial charge in [-0.1, -0.05) is 47.5 Å². The summed E-state index contributed by atoms with van der Waals surface area (Å²) in [5.41, 5.74) is 10.9. The molecule has 10 nitrogen and oxygen atoms in total. The predicted molar refractivity (Wildman–Crippen MR) is 227 cm³/mol. The molecule has 0 radical (unpaired) electrons. The molecule has 0 fully saturated rings. The van der Waals surface area contributed by atoms with Crippen LogP contribution in [0.25, 0.3) is 32.9 Å². The molecule has 1 atom stereocenters. The zero-order chi connectivity index (χ0) is 40.4. The predicted octanol–water partition coefficient (Wildman–Crippen LogP) is 10.2. The van der Waals surface area contributed by atoms with Crippen LogP contribution in [0.3, 0.4) is 0 Å². The van der Waals surface area contributed by atoms with E-state index in [-0.39, 0.29) is 24.2 Å². The van der Waals surface area contributed by atoms with Gasteiger partial charge >= 0.3 is 5.97 Å². The van der Waals surface area contributed by atoms with Crippen molar-refractivity contribution in [3.63, 3.8) is 0 Å². The lowest BCUT2D eigenvalue weighted by Crippen LogP contribution is -2.43. The number of aryl methyl sites for hydroxylation is 6. The number of carbonyl (C=O) groups excluding carboxylic acids is 1. The number of halogens is 2. The van der Waals surface area contributed by atoms with E-state index in [2.05, 4.69) is 16.5 Å². The van der Waals surface area contributed by atoms with Crippen LogP contribution in [0.4, 0.5) is 5.69 Å². The summed E-state index contributed by atoms with van der Waals surface area (Å²) in [7, 11) is 1.92. The Morgan fingerprint density at radius 3 is 2.37 bits per heavy atom. The minimum absolute atomic E-state index is 0.126. The number of carboxylic acid groups (broad SMARTS) is 1. The molecular formula is C45H44Cl2N6O4. The maximum atomic E-state index is 15.4. The van der Waals surface area contributed by atoms with E-state index in [4.69, 9.17) is 33.0 Å². The molecule has 0 spiro atoms. The fraction of sp³-hybridized carbons (Fsp3) is 0.289. The Kier molecular flexibility index (Phi) is 9.90. The number of anilines is 1. The highest BCUT2D eigenvalue weighted by molar-refractivity contribution is 6.35. The van der Waals surface area contributed by atoms with Crippen LogP contribution >= 0.6 is 23.2 Å². The first kappa shape index (κ1) is 38.3. The molecule has 0 aliphatic carbocycles. The van der Waals surface area contributed by atoms with Gasteiger partial charge in [-0.05, 0) is 114 Å². The summed E-state index contributed by atoms with van der Waals surface area (Å²) in [6.45, 7) is 13.0. The average Bonchev–Trinajstić information content (AvgIpc) is 3.79. The van der Waals surface area contributed by atoms with Crippen molar-refractivity contribution < 1.29 is 19.4 Å². The Labute approximate surface area is 341 Å². The molecule has 8 rings (SSSR count). The van der Waals surface area contributed by atoms with Gasteiger partial charge in [0.25, 0.3) is 5.91 Å². The van der Waals surface area contributed by atoms with Gasteiger partial charge in [-0.15, -0.1) is 0 Å². The molecule has 12 heteroatoms. The van der Waals surface area contributed by atoms with E-state index >= 15 is 4.79 Å². The minimum atomic E-state index is -1.05. The van der Waals surface area contributed by atoms with Gasteiger partial charge in [0.2, 0.25) is 0 Å². The molecule has 1 N–H and O–H groups in total. The van der Waals surface area contributed by atoms with E-state index in [1.807, 2.05) is 112 Å². The molecule has 0 bridgehead atoms. The Morgan fingerprint density at radius 1 is 0.947 bits per heavy atom. The summed E-state index contributed by atoms with van der Waals surface area (Å²) in [6.07, 6.45) is 1.20. The largest absolute Gasteiger partial charge is 0.494 e. The van der Waals surface area contributed by atoms with Crippen LogP contribution in [-0.4, -0.2) is 54.0 Å². The lowest BCUT2D eigenvalue weighted by molar-refractivity contribution is 0.0686. The van der Waals surface area contributed by atoms with Crippen molar-refractivity contribution in [3.8, 4) is 16.9 Å². The molecule has 1 aliphatic heterocycles. The van der Waals surface area contributed by atoms with Gasteiger partial charge < -0.3 is 23.9 Å². The SMILES string of the molecule is Cc1cccc(Cn2c(C(=O)O)cc3cccc(N4CC(C)n5c(c(CCCOc6cc(C)c(Cl)c(C)c6)c6ccc(Cl)c(-c7c(C)nn(C)c7C)c65)C4=O)c32)n1. The molecule has 0 saturated heterocycles. The normalized spacial score (nSPS) is 14.2. The molecule has 292 valence electrons. The molecule has 1 amide bonds. The quantitative estimate of drug-likeness (QED) is 0.138. The molecule has 7 aromatic rings. The smallest absolute Gasteiger partial charge is 0.352 e. The fourth-order valence-electron chi connectivity index (χ4n) is 8.65. The Bertz CT molecular complexity index is 2760. The van der Waals surface area contributed by atoms with Gasteiger partial charge in [-0.3, -0.25) is 14.5 Å². The number of hydrogen-bond donors (Lipinski definition) is 1. The lowest BCUT2D eigenvalue weighted by atomic mass is 9.98. The number of fused-ring (bicyclic) bond motifs is 4. The monoisotopic (exact) mass is 802 g/mol. The maximum Gasteiger partial charge on any atom is 0.352 e. The summed E-state index contributed by atoms with van der Waals surface area (Å²) >= 11 is 13.6. The second-order valence-electron chi connectivity index (χ2n) is 15.2. The molecular weight excluding hydrogens is 759 g/mol. The number of aromatic nitrogens is 5. The molecule has 4 aromatic heterocycles. The van der Waals surface area contributed by atoms with Gasteiger partial charge in [0.05, 0.1) is 46.3 Å². The fourth-order valence-corrected chi connectivity index (χ4v) is 9.01. The van der Waals surface area contributed by atoms with Gasteiger partial charge in [-0.2, -0.15) is 5.10 Å². The van der Waals surface area contributed by atoms with E-state index in [1.54, 1.807) is 10.6 Å². The van der Waals surface area contributed by atoms with Crippen molar-refractivity contribution in [2.75, 3.05) is 18.1 Å². The minimum Gasteiger partial charge on any atom is -0.494 e. The van der Waals surface area contributed by atoms with E-state index < -0.39 is 5.97 Å². The first-order chi connectivity index (χ1) is 27.2. The van der Waals surface area contributed by atoms with E-state index in [0.717, 1.165) is 77.7 Å². The van der Waals surface area contributed by atoms with Crippen molar-refractivity contribution >= 4 is 62.6 Å². The summed E-state index contributed by atoms with van der Waals surface area (Å²) in [5.74, 6) is -0.470. The van der Waals surface area contributed by atoms with Crippen molar-refractivity contribution in [1.82, 2.24) is 23.9 Å². The summed E-state index contributed by atoms with van der Waals surface area (Å²) in [5, 5.41) is 18.1. The van der Waals surface area contributed by atoms with Gasteiger partial charge in [0, 0.05) is 57.9 Å².